The predicted molar refractivity (Wildman–Crippen MR) is 123 cm³/mol. The fourth-order valence-corrected chi connectivity index (χ4v) is 3.80. The average molecular weight is 444 g/mol. The molecule has 1 aliphatic rings. The van der Waals surface area contributed by atoms with Gasteiger partial charge in [0.15, 0.2) is 11.6 Å². The maximum atomic E-state index is 12.4. The molecule has 3 heterocycles. The highest BCUT2D eigenvalue weighted by Gasteiger charge is 2.36. The summed E-state index contributed by atoms with van der Waals surface area (Å²) in [6.45, 7) is 1.71. The van der Waals surface area contributed by atoms with E-state index in [2.05, 4.69) is 20.2 Å². The van der Waals surface area contributed by atoms with Crippen molar-refractivity contribution in [2.75, 3.05) is 13.2 Å². The Morgan fingerprint density at radius 1 is 1.09 bits per heavy atom. The standard InChI is InChI=1S/C24H25N7O2/c1-30-14-20(10-28-30)22-5-6-23(32)31(29-22)13-16-3-2-4-17(7-16)24-26-11-21(12-27-24)33-15-19-8-18(19)9-25/h2-7,10-12,14,18-19H,8-9,13,15,25H2,1H3/t18-,19?/m1/s1. The molecule has 1 saturated carbocycles. The van der Waals surface area contributed by atoms with Crippen LogP contribution in [0.25, 0.3) is 22.6 Å². The number of nitrogens with zero attached hydrogens (tertiary/aromatic N) is 6. The molecule has 0 spiro atoms. The molecule has 9 nitrogen and oxygen atoms in total. The lowest BCUT2D eigenvalue weighted by Gasteiger charge is -2.09. The summed E-state index contributed by atoms with van der Waals surface area (Å²) in [5.74, 6) is 2.38. The molecule has 0 bridgehead atoms. The molecule has 1 aliphatic carbocycles. The van der Waals surface area contributed by atoms with Gasteiger partial charge >= 0.3 is 0 Å². The lowest BCUT2D eigenvalue weighted by molar-refractivity contribution is 0.290. The van der Waals surface area contributed by atoms with Crippen LogP contribution in [-0.2, 0) is 13.6 Å². The first-order valence-electron chi connectivity index (χ1n) is 10.9. The molecule has 33 heavy (non-hydrogen) atoms. The molecule has 9 heteroatoms. The van der Waals surface area contributed by atoms with Gasteiger partial charge in [-0.25, -0.2) is 14.6 Å². The van der Waals surface area contributed by atoms with Gasteiger partial charge < -0.3 is 10.5 Å². The molecule has 168 valence electrons. The van der Waals surface area contributed by atoms with Crippen molar-refractivity contribution in [2.45, 2.75) is 13.0 Å². The molecule has 0 saturated heterocycles. The molecule has 1 fully saturated rings. The molecule has 1 aromatic carbocycles. The number of ether oxygens (including phenoxy) is 1. The second-order valence-electron chi connectivity index (χ2n) is 8.36. The van der Waals surface area contributed by atoms with E-state index in [1.807, 2.05) is 37.5 Å². The van der Waals surface area contributed by atoms with Crippen molar-refractivity contribution in [1.29, 1.82) is 0 Å². The van der Waals surface area contributed by atoms with E-state index in [0.717, 1.165) is 29.7 Å². The third-order valence-corrected chi connectivity index (χ3v) is 5.85. The van der Waals surface area contributed by atoms with E-state index in [0.29, 0.717) is 42.3 Å². The predicted octanol–water partition coefficient (Wildman–Crippen LogP) is 2.12. The van der Waals surface area contributed by atoms with E-state index in [1.54, 1.807) is 29.3 Å². The van der Waals surface area contributed by atoms with Crippen LogP contribution in [0.1, 0.15) is 12.0 Å². The number of aromatic nitrogens is 6. The van der Waals surface area contributed by atoms with E-state index in [1.165, 1.54) is 10.7 Å². The minimum atomic E-state index is -0.168. The van der Waals surface area contributed by atoms with E-state index < -0.39 is 0 Å². The monoisotopic (exact) mass is 443 g/mol. The van der Waals surface area contributed by atoms with Crippen molar-refractivity contribution in [2.24, 2.45) is 24.6 Å². The van der Waals surface area contributed by atoms with Crippen LogP contribution < -0.4 is 16.0 Å². The summed E-state index contributed by atoms with van der Waals surface area (Å²) in [6.07, 6.45) is 8.11. The first kappa shape index (κ1) is 21.0. The second kappa shape index (κ2) is 8.95. The van der Waals surface area contributed by atoms with Gasteiger partial charge in [-0.1, -0.05) is 18.2 Å². The maximum absolute atomic E-state index is 12.4. The molecule has 0 radical (unpaired) electrons. The minimum absolute atomic E-state index is 0.168. The van der Waals surface area contributed by atoms with Crippen molar-refractivity contribution in [3.63, 3.8) is 0 Å². The number of aryl methyl sites for hydroxylation is 1. The number of hydrogen-bond acceptors (Lipinski definition) is 7. The first-order valence-corrected chi connectivity index (χ1v) is 10.9. The molecule has 3 aromatic heterocycles. The molecule has 0 amide bonds. The van der Waals surface area contributed by atoms with Crippen LogP contribution >= 0.6 is 0 Å². The summed E-state index contributed by atoms with van der Waals surface area (Å²) in [5, 5.41) is 8.68. The highest BCUT2D eigenvalue weighted by Crippen LogP contribution is 2.37. The Morgan fingerprint density at radius 3 is 2.67 bits per heavy atom. The van der Waals surface area contributed by atoms with Gasteiger partial charge in [0.25, 0.3) is 5.56 Å². The van der Waals surface area contributed by atoms with Crippen LogP contribution in [0.15, 0.2) is 66.0 Å². The normalized spacial score (nSPS) is 17.2. The summed E-state index contributed by atoms with van der Waals surface area (Å²) in [5.41, 5.74) is 8.85. The van der Waals surface area contributed by atoms with Crippen LogP contribution in [0.3, 0.4) is 0 Å². The highest BCUT2D eigenvalue weighted by atomic mass is 16.5. The van der Waals surface area contributed by atoms with Crippen molar-refractivity contribution < 1.29 is 4.74 Å². The van der Waals surface area contributed by atoms with E-state index in [-0.39, 0.29) is 5.56 Å². The molecule has 4 aromatic rings. The van der Waals surface area contributed by atoms with Crippen LogP contribution in [-0.4, -0.2) is 42.7 Å². The van der Waals surface area contributed by atoms with E-state index in [4.69, 9.17) is 10.5 Å². The number of benzene rings is 1. The van der Waals surface area contributed by atoms with Crippen molar-refractivity contribution in [1.82, 2.24) is 29.5 Å². The van der Waals surface area contributed by atoms with Gasteiger partial charge in [-0.15, -0.1) is 0 Å². The zero-order valence-corrected chi connectivity index (χ0v) is 18.3. The Balaban J connectivity index is 1.30. The maximum Gasteiger partial charge on any atom is 0.267 e. The van der Waals surface area contributed by atoms with Crippen LogP contribution in [0.5, 0.6) is 5.75 Å². The largest absolute Gasteiger partial charge is 0.490 e. The van der Waals surface area contributed by atoms with Gasteiger partial charge in [0, 0.05) is 30.4 Å². The summed E-state index contributed by atoms with van der Waals surface area (Å²) >= 11 is 0. The van der Waals surface area contributed by atoms with Gasteiger partial charge in [0.1, 0.15) is 0 Å². The molecule has 2 atom stereocenters. The van der Waals surface area contributed by atoms with Gasteiger partial charge in [-0.3, -0.25) is 9.48 Å². The van der Waals surface area contributed by atoms with Crippen molar-refractivity contribution in [3.8, 4) is 28.4 Å². The fraction of sp³-hybridized carbons (Fsp3) is 0.292. The number of hydrogen-bond donors (Lipinski definition) is 1. The van der Waals surface area contributed by atoms with Gasteiger partial charge in [-0.2, -0.15) is 10.2 Å². The van der Waals surface area contributed by atoms with Crippen LogP contribution in [0, 0.1) is 11.8 Å². The quantitative estimate of drug-likeness (QED) is 0.444. The summed E-state index contributed by atoms with van der Waals surface area (Å²) in [4.78, 5) is 21.3. The smallest absolute Gasteiger partial charge is 0.267 e. The summed E-state index contributed by atoms with van der Waals surface area (Å²) < 4.78 is 8.94. The molecular formula is C24H25N7O2. The third-order valence-electron chi connectivity index (χ3n) is 5.85. The topological polar surface area (TPSA) is 114 Å². The van der Waals surface area contributed by atoms with Crippen molar-refractivity contribution in [3.05, 3.63) is 77.1 Å². The highest BCUT2D eigenvalue weighted by molar-refractivity contribution is 5.57. The molecule has 0 aliphatic heterocycles. The van der Waals surface area contributed by atoms with Crippen LogP contribution in [0.2, 0.25) is 0 Å². The Bertz CT molecular complexity index is 1310. The van der Waals surface area contributed by atoms with E-state index in [9.17, 15) is 4.79 Å². The number of nitrogens with two attached hydrogens (primary N) is 1. The van der Waals surface area contributed by atoms with Crippen LogP contribution in [0.4, 0.5) is 0 Å². The Kier molecular flexibility index (Phi) is 5.70. The Hall–Kier alpha value is -3.85. The molecule has 5 rings (SSSR count). The zero-order chi connectivity index (χ0) is 22.8. The van der Waals surface area contributed by atoms with E-state index >= 15 is 0 Å². The number of rotatable bonds is 8. The molecular weight excluding hydrogens is 418 g/mol. The molecule has 1 unspecified atom stereocenters. The molecule has 2 N–H and O–H groups in total. The van der Waals surface area contributed by atoms with Gasteiger partial charge in [-0.05, 0) is 42.5 Å². The lowest BCUT2D eigenvalue weighted by Crippen LogP contribution is -2.22. The summed E-state index contributed by atoms with van der Waals surface area (Å²) in [7, 11) is 1.84. The third kappa shape index (κ3) is 4.83. The first-order chi connectivity index (χ1) is 16.1. The fourth-order valence-electron chi connectivity index (χ4n) is 3.80. The second-order valence-corrected chi connectivity index (χ2v) is 8.36. The van der Waals surface area contributed by atoms with Gasteiger partial charge in [0.05, 0.1) is 37.4 Å². The SMILES string of the molecule is Cn1cc(-c2ccc(=O)n(Cc3cccc(-c4ncc(OCC5C[C@@H]5CN)cn4)c3)n2)cn1. The lowest BCUT2D eigenvalue weighted by atomic mass is 10.1. The summed E-state index contributed by atoms with van der Waals surface area (Å²) in [6, 6.07) is 11.0. The van der Waals surface area contributed by atoms with Crippen molar-refractivity contribution >= 4 is 0 Å². The average Bonchev–Trinajstić information content (AvgIpc) is 3.48. The Labute approximate surface area is 190 Å². The van der Waals surface area contributed by atoms with Gasteiger partial charge in [0.2, 0.25) is 0 Å². The Morgan fingerprint density at radius 2 is 1.94 bits per heavy atom. The minimum Gasteiger partial charge on any atom is -0.490 e. The zero-order valence-electron chi connectivity index (χ0n) is 18.3.